The number of hydrogen-bond donors (Lipinski definition) is 1. The molecule has 1 saturated carbocycles. The molecule has 0 bridgehead atoms. The van der Waals surface area contributed by atoms with E-state index >= 15 is 0 Å². The van der Waals surface area contributed by atoms with Gasteiger partial charge in [0.1, 0.15) is 0 Å². The molecule has 1 aromatic rings. The fraction of sp³-hybridized carbons (Fsp3) is 0.583. The van der Waals surface area contributed by atoms with Gasteiger partial charge in [0.05, 0.1) is 5.56 Å². The zero-order chi connectivity index (χ0) is 12.5. The maximum Gasteiger partial charge on any atom is 0.416 e. The second-order valence-electron chi connectivity index (χ2n) is 4.61. The molecule has 0 spiro atoms. The molecule has 5 heteroatoms. The van der Waals surface area contributed by atoms with Crippen LogP contribution in [0, 0.1) is 0 Å². The molecule has 1 fully saturated rings. The van der Waals surface area contributed by atoms with E-state index < -0.39 is 17.2 Å². The SMILES string of the molecule is NCC1(c2cnccc2C(F)(F)F)CCCC1. The normalized spacial score (nSPS) is 19.5. The van der Waals surface area contributed by atoms with E-state index in [-0.39, 0.29) is 12.1 Å². The molecule has 2 rings (SSSR count). The van der Waals surface area contributed by atoms with Crippen molar-refractivity contribution < 1.29 is 13.2 Å². The van der Waals surface area contributed by atoms with Crippen molar-refractivity contribution in [1.82, 2.24) is 4.98 Å². The van der Waals surface area contributed by atoms with Gasteiger partial charge in [0.15, 0.2) is 0 Å². The van der Waals surface area contributed by atoms with E-state index in [0.717, 1.165) is 31.7 Å². The first kappa shape index (κ1) is 12.4. The van der Waals surface area contributed by atoms with Gasteiger partial charge in [0.25, 0.3) is 0 Å². The molecule has 2 N–H and O–H groups in total. The largest absolute Gasteiger partial charge is 0.416 e. The number of halogens is 3. The second kappa shape index (κ2) is 4.29. The molecular weight excluding hydrogens is 229 g/mol. The number of nitrogens with two attached hydrogens (primary N) is 1. The molecule has 0 aromatic carbocycles. The summed E-state index contributed by atoms with van der Waals surface area (Å²) in [7, 11) is 0. The van der Waals surface area contributed by atoms with Gasteiger partial charge in [-0.25, -0.2) is 0 Å². The highest BCUT2D eigenvalue weighted by Gasteiger charge is 2.42. The Balaban J connectivity index is 2.51. The van der Waals surface area contributed by atoms with E-state index in [1.165, 1.54) is 12.4 Å². The molecule has 17 heavy (non-hydrogen) atoms. The van der Waals surface area contributed by atoms with Gasteiger partial charge < -0.3 is 5.73 Å². The van der Waals surface area contributed by atoms with Crippen molar-refractivity contribution in [3.05, 3.63) is 29.6 Å². The lowest BCUT2D eigenvalue weighted by Crippen LogP contribution is -2.34. The highest BCUT2D eigenvalue weighted by atomic mass is 19.4. The monoisotopic (exact) mass is 244 g/mol. The Bertz CT molecular complexity index is 395. The zero-order valence-electron chi connectivity index (χ0n) is 9.43. The molecule has 0 radical (unpaired) electrons. The van der Waals surface area contributed by atoms with Crippen LogP contribution in [0.1, 0.15) is 36.8 Å². The van der Waals surface area contributed by atoms with Crippen molar-refractivity contribution in [1.29, 1.82) is 0 Å². The third-order valence-electron chi connectivity index (χ3n) is 3.65. The maximum atomic E-state index is 12.9. The van der Waals surface area contributed by atoms with Gasteiger partial charge >= 0.3 is 6.18 Å². The van der Waals surface area contributed by atoms with E-state index in [1.807, 2.05) is 0 Å². The fourth-order valence-electron chi connectivity index (χ4n) is 2.70. The summed E-state index contributed by atoms with van der Waals surface area (Å²) >= 11 is 0. The Hall–Kier alpha value is -1.10. The van der Waals surface area contributed by atoms with Crippen molar-refractivity contribution in [3.63, 3.8) is 0 Å². The Morgan fingerprint density at radius 3 is 2.47 bits per heavy atom. The Morgan fingerprint density at radius 2 is 1.94 bits per heavy atom. The predicted octanol–water partition coefficient (Wildman–Crippen LogP) is 2.87. The topological polar surface area (TPSA) is 38.9 Å². The van der Waals surface area contributed by atoms with Crippen molar-refractivity contribution in [3.8, 4) is 0 Å². The molecule has 0 saturated heterocycles. The van der Waals surface area contributed by atoms with Gasteiger partial charge in [-0.2, -0.15) is 13.2 Å². The number of pyridine rings is 1. The third kappa shape index (κ3) is 2.16. The summed E-state index contributed by atoms with van der Waals surface area (Å²) in [5.74, 6) is 0. The lowest BCUT2D eigenvalue weighted by atomic mass is 9.77. The molecule has 1 aliphatic rings. The second-order valence-corrected chi connectivity index (χ2v) is 4.61. The molecule has 94 valence electrons. The molecule has 0 unspecified atom stereocenters. The average molecular weight is 244 g/mol. The van der Waals surface area contributed by atoms with Crippen LogP contribution in [0.3, 0.4) is 0 Å². The van der Waals surface area contributed by atoms with Gasteiger partial charge in [0.2, 0.25) is 0 Å². The van der Waals surface area contributed by atoms with Gasteiger partial charge in [-0.15, -0.1) is 0 Å². The Labute approximate surface area is 98.0 Å². The third-order valence-corrected chi connectivity index (χ3v) is 3.65. The Kier molecular flexibility index (Phi) is 3.12. The summed E-state index contributed by atoms with van der Waals surface area (Å²) in [6, 6.07) is 1.05. The van der Waals surface area contributed by atoms with E-state index in [2.05, 4.69) is 4.98 Å². The van der Waals surface area contributed by atoms with Gasteiger partial charge in [-0.3, -0.25) is 4.98 Å². The van der Waals surface area contributed by atoms with Crippen molar-refractivity contribution >= 4 is 0 Å². The molecule has 1 heterocycles. The summed E-state index contributed by atoms with van der Waals surface area (Å²) in [6.45, 7) is 0.252. The quantitative estimate of drug-likeness (QED) is 0.868. The number of hydrogen-bond acceptors (Lipinski definition) is 2. The van der Waals surface area contributed by atoms with E-state index in [1.54, 1.807) is 0 Å². The lowest BCUT2D eigenvalue weighted by Gasteiger charge is -2.30. The van der Waals surface area contributed by atoms with E-state index in [9.17, 15) is 13.2 Å². The van der Waals surface area contributed by atoms with Gasteiger partial charge in [-0.05, 0) is 24.5 Å². The summed E-state index contributed by atoms with van der Waals surface area (Å²) in [6.07, 6.45) is 1.50. The number of alkyl halides is 3. The highest BCUT2D eigenvalue weighted by molar-refractivity contribution is 5.35. The standard InChI is InChI=1S/C12H15F3N2/c13-12(14,15)9-3-6-17-7-10(9)11(8-16)4-1-2-5-11/h3,6-7H,1-2,4-5,8,16H2. The first-order valence-corrected chi connectivity index (χ1v) is 5.71. The average Bonchev–Trinajstić information content (AvgIpc) is 2.78. The number of rotatable bonds is 2. The minimum absolute atomic E-state index is 0.252. The van der Waals surface area contributed by atoms with Crippen LogP contribution in [-0.4, -0.2) is 11.5 Å². The summed E-state index contributed by atoms with van der Waals surface area (Å²) in [5.41, 5.74) is 4.88. The van der Waals surface area contributed by atoms with Crippen LogP contribution >= 0.6 is 0 Å². The van der Waals surface area contributed by atoms with Crippen LogP contribution in [0.4, 0.5) is 13.2 Å². The first-order valence-electron chi connectivity index (χ1n) is 5.71. The van der Waals surface area contributed by atoms with E-state index in [4.69, 9.17) is 5.73 Å². The van der Waals surface area contributed by atoms with Crippen LogP contribution in [-0.2, 0) is 11.6 Å². The van der Waals surface area contributed by atoms with Gasteiger partial charge in [-0.1, -0.05) is 12.8 Å². The number of nitrogens with zero attached hydrogens (tertiary/aromatic N) is 1. The summed E-state index contributed by atoms with van der Waals surface area (Å²) in [5, 5.41) is 0. The van der Waals surface area contributed by atoms with E-state index in [0.29, 0.717) is 0 Å². The molecule has 2 nitrogen and oxygen atoms in total. The molecule has 1 aromatic heterocycles. The predicted molar refractivity (Wildman–Crippen MR) is 58.4 cm³/mol. The minimum atomic E-state index is -4.33. The van der Waals surface area contributed by atoms with Crippen molar-refractivity contribution in [2.75, 3.05) is 6.54 Å². The number of aromatic nitrogens is 1. The van der Waals surface area contributed by atoms with Gasteiger partial charge in [0, 0.05) is 24.4 Å². The van der Waals surface area contributed by atoms with Crippen LogP contribution in [0.25, 0.3) is 0 Å². The van der Waals surface area contributed by atoms with Crippen LogP contribution < -0.4 is 5.73 Å². The lowest BCUT2D eigenvalue weighted by molar-refractivity contribution is -0.138. The van der Waals surface area contributed by atoms with Crippen molar-refractivity contribution in [2.45, 2.75) is 37.3 Å². The molecular formula is C12H15F3N2. The highest BCUT2D eigenvalue weighted by Crippen LogP contribution is 2.45. The zero-order valence-corrected chi connectivity index (χ0v) is 9.43. The minimum Gasteiger partial charge on any atom is -0.330 e. The summed E-state index contributed by atoms with van der Waals surface area (Å²) in [4.78, 5) is 3.84. The molecule has 0 amide bonds. The smallest absolute Gasteiger partial charge is 0.330 e. The molecule has 0 atom stereocenters. The molecule has 1 aliphatic carbocycles. The van der Waals surface area contributed by atoms with Crippen LogP contribution in [0.2, 0.25) is 0 Å². The summed E-state index contributed by atoms with van der Waals surface area (Å²) < 4.78 is 38.8. The fourth-order valence-corrected chi connectivity index (χ4v) is 2.70. The maximum absolute atomic E-state index is 12.9. The van der Waals surface area contributed by atoms with Crippen molar-refractivity contribution in [2.24, 2.45) is 5.73 Å². The van der Waals surface area contributed by atoms with Crippen LogP contribution in [0.5, 0.6) is 0 Å². The molecule has 0 aliphatic heterocycles. The first-order chi connectivity index (χ1) is 7.99. The Morgan fingerprint density at radius 1 is 1.29 bits per heavy atom. The van der Waals surface area contributed by atoms with Crippen LogP contribution in [0.15, 0.2) is 18.5 Å².